The lowest BCUT2D eigenvalue weighted by Gasteiger charge is -2.26. The maximum atomic E-state index is 12.2. The second-order valence-corrected chi connectivity index (χ2v) is 5.48. The van der Waals surface area contributed by atoms with E-state index in [9.17, 15) is 4.79 Å². The second kappa shape index (κ2) is 5.00. The predicted molar refractivity (Wildman–Crippen MR) is 79.6 cm³/mol. The highest BCUT2D eigenvalue weighted by atomic mass is 35.5. The van der Waals surface area contributed by atoms with Crippen molar-refractivity contribution in [1.82, 2.24) is 0 Å². The van der Waals surface area contributed by atoms with Crippen LogP contribution < -0.4 is 10.5 Å². The molecule has 2 aromatic carbocycles. The van der Waals surface area contributed by atoms with Gasteiger partial charge in [0.05, 0.1) is 22.0 Å². The van der Waals surface area contributed by atoms with E-state index < -0.39 is 0 Å². The number of ether oxygens (including phenoxy) is 1. The maximum Gasteiger partial charge on any atom is 0.170 e. The van der Waals surface area contributed by atoms with E-state index in [1.54, 1.807) is 30.3 Å². The van der Waals surface area contributed by atoms with Gasteiger partial charge in [0.1, 0.15) is 11.9 Å². The van der Waals surface area contributed by atoms with E-state index in [1.165, 1.54) is 0 Å². The molecule has 0 saturated heterocycles. The zero-order valence-corrected chi connectivity index (χ0v) is 11.9. The van der Waals surface area contributed by atoms with Crippen molar-refractivity contribution >= 4 is 34.7 Å². The Morgan fingerprint density at radius 1 is 1.10 bits per heavy atom. The van der Waals surface area contributed by atoms with Gasteiger partial charge in [-0.05, 0) is 35.9 Å². The molecule has 2 N–H and O–H groups in total. The molecule has 3 nitrogen and oxygen atoms in total. The van der Waals surface area contributed by atoms with Gasteiger partial charge in [-0.25, -0.2) is 0 Å². The van der Waals surface area contributed by atoms with Crippen LogP contribution >= 0.6 is 23.2 Å². The largest absolute Gasteiger partial charge is 0.484 e. The molecule has 1 aliphatic rings. The third-order valence-corrected chi connectivity index (χ3v) is 4.00. The smallest absolute Gasteiger partial charge is 0.170 e. The molecule has 0 aromatic heterocycles. The summed E-state index contributed by atoms with van der Waals surface area (Å²) in [5, 5.41) is 0.925. The van der Waals surface area contributed by atoms with Gasteiger partial charge in [-0.2, -0.15) is 0 Å². The molecule has 1 aliphatic heterocycles. The van der Waals surface area contributed by atoms with Crippen molar-refractivity contribution in [2.24, 2.45) is 0 Å². The molecular weight excluding hydrogens is 297 g/mol. The topological polar surface area (TPSA) is 52.3 Å². The summed E-state index contributed by atoms with van der Waals surface area (Å²) < 4.78 is 5.86. The van der Waals surface area contributed by atoms with Crippen molar-refractivity contribution in [2.45, 2.75) is 12.5 Å². The summed E-state index contributed by atoms with van der Waals surface area (Å²) >= 11 is 11.9. The minimum Gasteiger partial charge on any atom is -0.484 e. The van der Waals surface area contributed by atoms with Crippen molar-refractivity contribution in [2.75, 3.05) is 5.73 Å². The quantitative estimate of drug-likeness (QED) is 0.800. The standard InChI is InChI=1S/C15H11Cl2NO2/c16-11-3-1-8(5-12(11)17)15-7-13(19)10-6-9(18)2-4-14(10)20-15/h1-6,15H,7,18H2. The Morgan fingerprint density at radius 2 is 1.90 bits per heavy atom. The maximum absolute atomic E-state index is 12.2. The Balaban J connectivity index is 1.97. The second-order valence-electron chi connectivity index (χ2n) is 4.66. The van der Waals surface area contributed by atoms with Crippen LogP contribution in [0.5, 0.6) is 5.75 Å². The summed E-state index contributed by atoms with van der Waals surface area (Å²) in [6, 6.07) is 10.3. The molecule has 5 heteroatoms. The molecule has 0 spiro atoms. The number of anilines is 1. The number of hydrogen-bond acceptors (Lipinski definition) is 3. The number of carbonyl (C=O) groups is 1. The van der Waals surface area contributed by atoms with Crippen LogP contribution in [0.15, 0.2) is 36.4 Å². The number of hydrogen-bond donors (Lipinski definition) is 1. The summed E-state index contributed by atoms with van der Waals surface area (Å²) in [5.74, 6) is 0.557. The third kappa shape index (κ3) is 2.35. The number of nitrogen functional groups attached to an aromatic ring is 1. The summed E-state index contributed by atoms with van der Waals surface area (Å²) in [4.78, 5) is 12.2. The highest BCUT2D eigenvalue weighted by molar-refractivity contribution is 6.42. The predicted octanol–water partition coefficient (Wildman–Crippen LogP) is 4.28. The van der Waals surface area contributed by atoms with Crippen LogP contribution in [0, 0.1) is 0 Å². The van der Waals surface area contributed by atoms with Gasteiger partial charge in [-0.1, -0.05) is 29.3 Å². The van der Waals surface area contributed by atoms with Crippen molar-refractivity contribution in [3.05, 3.63) is 57.6 Å². The van der Waals surface area contributed by atoms with E-state index in [0.29, 0.717) is 27.0 Å². The zero-order chi connectivity index (χ0) is 14.3. The lowest BCUT2D eigenvalue weighted by molar-refractivity contribution is 0.0850. The molecule has 102 valence electrons. The fourth-order valence-electron chi connectivity index (χ4n) is 2.24. The molecule has 3 rings (SSSR count). The first-order valence-corrected chi connectivity index (χ1v) is 6.84. The molecule has 1 unspecified atom stereocenters. The van der Waals surface area contributed by atoms with E-state index in [4.69, 9.17) is 33.7 Å². The third-order valence-electron chi connectivity index (χ3n) is 3.26. The number of fused-ring (bicyclic) bond motifs is 1. The molecular formula is C15H11Cl2NO2. The van der Waals surface area contributed by atoms with Crippen LogP contribution in [-0.2, 0) is 0 Å². The molecule has 1 atom stereocenters. The molecule has 0 fully saturated rings. The monoisotopic (exact) mass is 307 g/mol. The lowest BCUT2D eigenvalue weighted by atomic mass is 9.96. The first kappa shape index (κ1) is 13.3. The van der Waals surface area contributed by atoms with Gasteiger partial charge in [0.2, 0.25) is 0 Å². The van der Waals surface area contributed by atoms with E-state index in [1.807, 2.05) is 6.07 Å². The van der Waals surface area contributed by atoms with Crippen LogP contribution in [0.1, 0.15) is 28.4 Å². The minimum absolute atomic E-state index is 0.00891. The molecule has 1 heterocycles. The molecule has 2 aromatic rings. The summed E-state index contributed by atoms with van der Waals surface area (Å²) in [5.41, 5.74) is 7.59. The van der Waals surface area contributed by atoms with Gasteiger partial charge in [-0.15, -0.1) is 0 Å². The normalized spacial score (nSPS) is 17.5. The van der Waals surface area contributed by atoms with Gasteiger partial charge in [0, 0.05) is 5.69 Å². The van der Waals surface area contributed by atoms with Gasteiger partial charge in [0.15, 0.2) is 5.78 Å². The van der Waals surface area contributed by atoms with Crippen molar-refractivity contribution in [3.8, 4) is 5.75 Å². The Hall–Kier alpha value is -1.71. The summed E-state index contributed by atoms with van der Waals surface area (Å²) in [6.07, 6.45) is -0.0950. The number of Topliss-reactive ketones (excluding diaryl/α,β-unsaturated/α-hetero) is 1. The van der Waals surface area contributed by atoms with Crippen LogP contribution in [0.25, 0.3) is 0 Å². The Kier molecular flexibility index (Phi) is 3.32. The molecule has 0 amide bonds. The first-order chi connectivity index (χ1) is 9.54. The Bertz CT molecular complexity index is 700. The van der Waals surface area contributed by atoms with Crippen molar-refractivity contribution < 1.29 is 9.53 Å². The number of carbonyl (C=O) groups excluding carboxylic acids is 1. The van der Waals surface area contributed by atoms with Crippen molar-refractivity contribution in [3.63, 3.8) is 0 Å². The fourth-order valence-corrected chi connectivity index (χ4v) is 2.55. The zero-order valence-electron chi connectivity index (χ0n) is 10.4. The van der Waals surface area contributed by atoms with Crippen LogP contribution in [0.3, 0.4) is 0 Å². The lowest BCUT2D eigenvalue weighted by Crippen LogP contribution is -2.20. The van der Waals surface area contributed by atoms with E-state index in [0.717, 1.165) is 5.56 Å². The Morgan fingerprint density at radius 3 is 2.65 bits per heavy atom. The number of rotatable bonds is 1. The van der Waals surface area contributed by atoms with Crippen LogP contribution in [0.4, 0.5) is 5.69 Å². The minimum atomic E-state index is -0.353. The number of halogens is 2. The molecule has 0 radical (unpaired) electrons. The summed E-state index contributed by atoms with van der Waals surface area (Å²) in [6.45, 7) is 0. The molecule has 0 bridgehead atoms. The SMILES string of the molecule is Nc1ccc2c(c1)C(=O)CC(c1ccc(Cl)c(Cl)c1)O2. The first-order valence-electron chi connectivity index (χ1n) is 6.09. The number of benzene rings is 2. The number of nitrogens with two attached hydrogens (primary N) is 1. The van der Waals surface area contributed by atoms with E-state index in [-0.39, 0.29) is 18.3 Å². The molecule has 0 saturated carbocycles. The number of ketones is 1. The van der Waals surface area contributed by atoms with Crippen LogP contribution in [-0.4, -0.2) is 5.78 Å². The van der Waals surface area contributed by atoms with Gasteiger partial charge in [-0.3, -0.25) is 4.79 Å². The average molecular weight is 308 g/mol. The molecule has 20 heavy (non-hydrogen) atoms. The van der Waals surface area contributed by atoms with Gasteiger partial charge >= 0.3 is 0 Å². The Labute approximate surface area is 126 Å². The van der Waals surface area contributed by atoms with Crippen LogP contribution in [0.2, 0.25) is 10.0 Å². The highest BCUT2D eigenvalue weighted by Crippen LogP contribution is 2.37. The molecule has 0 aliphatic carbocycles. The highest BCUT2D eigenvalue weighted by Gasteiger charge is 2.28. The van der Waals surface area contributed by atoms with Gasteiger partial charge < -0.3 is 10.5 Å². The van der Waals surface area contributed by atoms with Gasteiger partial charge in [0.25, 0.3) is 0 Å². The van der Waals surface area contributed by atoms with E-state index in [2.05, 4.69) is 0 Å². The fraction of sp³-hybridized carbons (Fsp3) is 0.133. The van der Waals surface area contributed by atoms with E-state index >= 15 is 0 Å². The summed E-state index contributed by atoms with van der Waals surface area (Å²) in [7, 11) is 0. The average Bonchev–Trinajstić information content (AvgIpc) is 2.42. The van der Waals surface area contributed by atoms with Crippen molar-refractivity contribution in [1.29, 1.82) is 0 Å².